The lowest BCUT2D eigenvalue weighted by Crippen LogP contribution is -2.02. The normalized spacial score (nSPS) is 10.8. The van der Waals surface area contributed by atoms with Crippen molar-refractivity contribution in [2.24, 2.45) is 0 Å². The molecule has 7 heteroatoms. The number of aromatic carboxylic acids is 1. The molecule has 0 aliphatic heterocycles. The molecule has 3 rings (SSSR count). The molecule has 104 valence electrons. The summed E-state index contributed by atoms with van der Waals surface area (Å²) in [6.45, 7) is 0. The standard InChI is InChI=1S/C14H7F2N3O2/c15-9-3-7-8(14(20)21)4-12(13-6-17-1-2-18-13)19-11(7)5-10(9)16/h1-6H,(H,20,21). The Morgan fingerprint density at radius 2 is 1.81 bits per heavy atom. The van der Waals surface area contributed by atoms with Crippen LogP contribution in [0.2, 0.25) is 0 Å². The fraction of sp³-hybridized carbons (Fsp3) is 0. The first kappa shape index (κ1) is 13.0. The highest BCUT2D eigenvalue weighted by Crippen LogP contribution is 2.25. The van der Waals surface area contributed by atoms with Crippen molar-refractivity contribution >= 4 is 16.9 Å². The minimum Gasteiger partial charge on any atom is -0.478 e. The third-order valence-electron chi connectivity index (χ3n) is 2.91. The Morgan fingerprint density at radius 3 is 2.48 bits per heavy atom. The van der Waals surface area contributed by atoms with Crippen molar-refractivity contribution in [2.45, 2.75) is 0 Å². The van der Waals surface area contributed by atoms with E-state index in [2.05, 4.69) is 15.0 Å². The number of hydrogen-bond donors (Lipinski definition) is 1. The van der Waals surface area contributed by atoms with E-state index in [4.69, 9.17) is 0 Å². The molecular formula is C14H7F2N3O2. The van der Waals surface area contributed by atoms with Gasteiger partial charge in [0.2, 0.25) is 0 Å². The maximum atomic E-state index is 13.3. The number of rotatable bonds is 2. The third kappa shape index (κ3) is 2.29. The highest BCUT2D eigenvalue weighted by atomic mass is 19.2. The molecule has 0 radical (unpaired) electrons. The van der Waals surface area contributed by atoms with Gasteiger partial charge in [0.05, 0.1) is 23.0 Å². The summed E-state index contributed by atoms with van der Waals surface area (Å²) in [6, 6.07) is 2.94. The molecule has 2 aromatic heterocycles. The number of carbonyl (C=O) groups is 1. The van der Waals surface area contributed by atoms with Crippen molar-refractivity contribution in [3.8, 4) is 11.4 Å². The molecule has 0 saturated carbocycles. The highest BCUT2D eigenvalue weighted by Gasteiger charge is 2.16. The Labute approximate surface area is 116 Å². The van der Waals surface area contributed by atoms with Crippen LogP contribution < -0.4 is 0 Å². The summed E-state index contributed by atoms with van der Waals surface area (Å²) in [4.78, 5) is 23.3. The second-order valence-electron chi connectivity index (χ2n) is 4.23. The van der Waals surface area contributed by atoms with Crippen molar-refractivity contribution in [2.75, 3.05) is 0 Å². The van der Waals surface area contributed by atoms with Gasteiger partial charge in [0.15, 0.2) is 11.6 Å². The molecule has 1 N–H and O–H groups in total. The molecule has 1 aromatic carbocycles. The molecule has 2 heterocycles. The van der Waals surface area contributed by atoms with Gasteiger partial charge < -0.3 is 5.11 Å². The van der Waals surface area contributed by atoms with Gasteiger partial charge in [0, 0.05) is 23.8 Å². The zero-order chi connectivity index (χ0) is 15.0. The monoisotopic (exact) mass is 287 g/mol. The van der Waals surface area contributed by atoms with Crippen LogP contribution in [0.5, 0.6) is 0 Å². The molecule has 0 aliphatic rings. The zero-order valence-corrected chi connectivity index (χ0v) is 10.4. The molecule has 0 atom stereocenters. The van der Waals surface area contributed by atoms with E-state index in [-0.39, 0.29) is 22.2 Å². The molecule has 0 spiro atoms. The predicted molar refractivity (Wildman–Crippen MR) is 69.6 cm³/mol. The number of aromatic nitrogens is 3. The summed E-state index contributed by atoms with van der Waals surface area (Å²) in [5, 5.41) is 9.26. The molecule has 0 saturated heterocycles. The Morgan fingerprint density at radius 1 is 1.05 bits per heavy atom. The molecule has 0 unspecified atom stereocenters. The molecule has 21 heavy (non-hydrogen) atoms. The van der Waals surface area contributed by atoms with E-state index in [1.54, 1.807) is 0 Å². The number of nitrogens with zero attached hydrogens (tertiary/aromatic N) is 3. The summed E-state index contributed by atoms with van der Waals surface area (Å²) in [6.07, 6.45) is 4.28. The number of carboxylic acids is 1. The number of benzene rings is 1. The highest BCUT2D eigenvalue weighted by molar-refractivity contribution is 6.03. The number of carboxylic acid groups (broad SMARTS) is 1. The summed E-state index contributed by atoms with van der Waals surface area (Å²) >= 11 is 0. The largest absolute Gasteiger partial charge is 0.478 e. The van der Waals surface area contributed by atoms with Crippen LogP contribution in [-0.4, -0.2) is 26.0 Å². The average molecular weight is 287 g/mol. The number of fused-ring (bicyclic) bond motifs is 1. The predicted octanol–water partition coefficient (Wildman–Crippen LogP) is 2.67. The van der Waals surface area contributed by atoms with Crippen LogP contribution in [0.15, 0.2) is 36.8 Å². The van der Waals surface area contributed by atoms with Crippen LogP contribution in [0.25, 0.3) is 22.3 Å². The first-order valence-corrected chi connectivity index (χ1v) is 5.86. The minimum absolute atomic E-state index is 0.0223. The van der Waals surface area contributed by atoms with Gasteiger partial charge in [-0.3, -0.25) is 9.97 Å². The van der Waals surface area contributed by atoms with E-state index in [1.165, 1.54) is 24.7 Å². The molecule has 3 aromatic rings. The van der Waals surface area contributed by atoms with Gasteiger partial charge in [0.1, 0.15) is 5.69 Å². The van der Waals surface area contributed by atoms with E-state index in [0.29, 0.717) is 5.69 Å². The van der Waals surface area contributed by atoms with Crippen molar-refractivity contribution in [3.63, 3.8) is 0 Å². The SMILES string of the molecule is O=C(O)c1cc(-c2cnccn2)nc2cc(F)c(F)cc12. The van der Waals surface area contributed by atoms with Crippen molar-refractivity contribution < 1.29 is 18.7 Å². The average Bonchev–Trinajstić information content (AvgIpc) is 2.48. The number of pyridine rings is 1. The van der Waals surface area contributed by atoms with E-state index in [1.807, 2.05) is 0 Å². The van der Waals surface area contributed by atoms with Gasteiger partial charge in [-0.1, -0.05) is 0 Å². The van der Waals surface area contributed by atoms with Gasteiger partial charge in [-0.2, -0.15) is 0 Å². The van der Waals surface area contributed by atoms with Crippen molar-refractivity contribution in [3.05, 3.63) is 54.0 Å². The van der Waals surface area contributed by atoms with Gasteiger partial charge in [-0.25, -0.2) is 18.6 Å². The zero-order valence-electron chi connectivity index (χ0n) is 10.4. The molecule has 5 nitrogen and oxygen atoms in total. The Balaban J connectivity index is 2.35. The number of hydrogen-bond acceptors (Lipinski definition) is 4. The summed E-state index contributed by atoms with van der Waals surface area (Å²) < 4.78 is 26.6. The molecular weight excluding hydrogens is 280 g/mol. The van der Waals surface area contributed by atoms with E-state index in [0.717, 1.165) is 12.1 Å². The van der Waals surface area contributed by atoms with Crippen molar-refractivity contribution in [1.82, 2.24) is 15.0 Å². The second kappa shape index (κ2) is 4.86. The fourth-order valence-electron chi connectivity index (χ4n) is 1.96. The van der Waals surface area contributed by atoms with Crippen LogP contribution in [0, 0.1) is 11.6 Å². The lowest BCUT2D eigenvalue weighted by atomic mass is 10.1. The lowest BCUT2D eigenvalue weighted by molar-refractivity contribution is 0.0699. The molecule has 0 fully saturated rings. The quantitative estimate of drug-likeness (QED) is 0.784. The third-order valence-corrected chi connectivity index (χ3v) is 2.91. The second-order valence-corrected chi connectivity index (χ2v) is 4.23. The molecule has 0 amide bonds. The van der Waals surface area contributed by atoms with E-state index < -0.39 is 17.6 Å². The van der Waals surface area contributed by atoms with Crippen LogP contribution in [-0.2, 0) is 0 Å². The summed E-state index contributed by atoms with van der Waals surface area (Å²) in [5.74, 6) is -3.49. The van der Waals surface area contributed by atoms with E-state index in [9.17, 15) is 18.7 Å². The smallest absolute Gasteiger partial charge is 0.336 e. The lowest BCUT2D eigenvalue weighted by Gasteiger charge is -2.07. The first-order valence-electron chi connectivity index (χ1n) is 5.86. The topological polar surface area (TPSA) is 76.0 Å². The molecule has 0 bridgehead atoms. The minimum atomic E-state index is -1.27. The van der Waals surface area contributed by atoms with E-state index >= 15 is 0 Å². The van der Waals surface area contributed by atoms with Gasteiger partial charge >= 0.3 is 5.97 Å². The fourth-order valence-corrected chi connectivity index (χ4v) is 1.96. The number of halogens is 2. The van der Waals surface area contributed by atoms with Crippen LogP contribution in [0.1, 0.15) is 10.4 Å². The van der Waals surface area contributed by atoms with Crippen LogP contribution >= 0.6 is 0 Å². The van der Waals surface area contributed by atoms with Crippen LogP contribution in [0.4, 0.5) is 8.78 Å². The first-order chi connectivity index (χ1) is 10.1. The Kier molecular flexibility index (Phi) is 3.02. The van der Waals surface area contributed by atoms with Gasteiger partial charge in [-0.05, 0) is 12.1 Å². The van der Waals surface area contributed by atoms with Gasteiger partial charge in [-0.15, -0.1) is 0 Å². The van der Waals surface area contributed by atoms with Crippen LogP contribution in [0.3, 0.4) is 0 Å². The Bertz CT molecular complexity index is 854. The Hall–Kier alpha value is -2.96. The maximum Gasteiger partial charge on any atom is 0.336 e. The summed E-state index contributed by atoms with van der Waals surface area (Å²) in [5.41, 5.74) is 0.416. The van der Waals surface area contributed by atoms with Crippen molar-refractivity contribution in [1.29, 1.82) is 0 Å². The maximum absolute atomic E-state index is 13.3. The summed E-state index contributed by atoms with van der Waals surface area (Å²) in [7, 11) is 0. The molecule has 0 aliphatic carbocycles. The van der Waals surface area contributed by atoms with Gasteiger partial charge in [0.25, 0.3) is 0 Å².